The molecule has 0 aliphatic carbocycles. The van der Waals surface area contributed by atoms with E-state index in [0.29, 0.717) is 25.1 Å². The Kier molecular flexibility index (Phi) is 4.99. The van der Waals surface area contributed by atoms with Gasteiger partial charge in [0, 0.05) is 32.3 Å². The second-order valence-corrected chi connectivity index (χ2v) is 4.73. The average Bonchev–Trinajstić information content (AvgIpc) is 2.47. The van der Waals surface area contributed by atoms with Crippen LogP contribution in [0.25, 0.3) is 0 Å². The van der Waals surface area contributed by atoms with Crippen molar-refractivity contribution in [1.29, 1.82) is 0 Å². The minimum Gasteiger partial charge on any atom is -0.478 e. The molecule has 0 amide bonds. The number of hydrogen-bond acceptors (Lipinski definition) is 5. The van der Waals surface area contributed by atoms with Crippen molar-refractivity contribution in [1.82, 2.24) is 4.98 Å². The van der Waals surface area contributed by atoms with Crippen molar-refractivity contribution >= 4 is 5.82 Å². The Labute approximate surface area is 114 Å². The topological polar surface area (TPSA) is 60.6 Å². The Bertz CT molecular complexity index is 400. The molecule has 0 radical (unpaired) electrons. The molecule has 1 aromatic rings. The van der Waals surface area contributed by atoms with Crippen molar-refractivity contribution in [2.24, 2.45) is 5.73 Å². The van der Waals surface area contributed by atoms with Crippen molar-refractivity contribution in [3.05, 3.63) is 18.2 Å². The van der Waals surface area contributed by atoms with Crippen LogP contribution in [-0.4, -0.2) is 43.9 Å². The molecule has 0 aromatic carbocycles. The molecule has 19 heavy (non-hydrogen) atoms. The Balaban J connectivity index is 2.13. The SMILES string of the molecule is CCOc1cccc(N2CCC(OC)CC2CN)n1. The van der Waals surface area contributed by atoms with Gasteiger partial charge in [0.05, 0.1) is 12.7 Å². The molecule has 2 rings (SSSR count). The summed E-state index contributed by atoms with van der Waals surface area (Å²) in [4.78, 5) is 6.80. The molecule has 0 spiro atoms. The van der Waals surface area contributed by atoms with E-state index in [2.05, 4.69) is 9.88 Å². The third kappa shape index (κ3) is 3.36. The van der Waals surface area contributed by atoms with Crippen molar-refractivity contribution in [3.63, 3.8) is 0 Å². The molecule has 5 heteroatoms. The highest BCUT2D eigenvalue weighted by molar-refractivity contribution is 5.42. The number of nitrogens with two attached hydrogens (primary N) is 1. The van der Waals surface area contributed by atoms with Gasteiger partial charge in [-0.05, 0) is 25.8 Å². The lowest BCUT2D eigenvalue weighted by Gasteiger charge is -2.39. The van der Waals surface area contributed by atoms with Crippen LogP contribution < -0.4 is 15.4 Å². The molecule has 0 saturated carbocycles. The van der Waals surface area contributed by atoms with Crippen LogP contribution in [0.1, 0.15) is 19.8 Å². The standard InChI is InChI=1S/C14H23N3O2/c1-3-19-14-6-4-5-13(16-14)17-8-7-12(18-2)9-11(17)10-15/h4-6,11-12H,3,7-10,15H2,1-2H3. The first-order chi connectivity index (χ1) is 9.28. The molecule has 1 aromatic heterocycles. The lowest BCUT2D eigenvalue weighted by Crippen LogP contribution is -2.49. The van der Waals surface area contributed by atoms with Gasteiger partial charge in [-0.3, -0.25) is 0 Å². The number of methoxy groups -OCH3 is 1. The smallest absolute Gasteiger partial charge is 0.215 e. The monoisotopic (exact) mass is 265 g/mol. The number of ether oxygens (including phenoxy) is 2. The summed E-state index contributed by atoms with van der Waals surface area (Å²) in [6, 6.07) is 6.15. The summed E-state index contributed by atoms with van der Waals surface area (Å²) in [5.41, 5.74) is 5.89. The van der Waals surface area contributed by atoms with E-state index in [4.69, 9.17) is 15.2 Å². The Hall–Kier alpha value is -1.33. The molecule has 1 aliphatic heterocycles. The molecular formula is C14H23N3O2. The molecule has 1 saturated heterocycles. The van der Waals surface area contributed by atoms with Crippen LogP contribution in [0.5, 0.6) is 5.88 Å². The van der Waals surface area contributed by atoms with Gasteiger partial charge in [0.2, 0.25) is 5.88 Å². The number of aromatic nitrogens is 1. The van der Waals surface area contributed by atoms with Crippen molar-refractivity contribution in [3.8, 4) is 5.88 Å². The molecule has 0 bridgehead atoms. The van der Waals surface area contributed by atoms with Crippen molar-refractivity contribution in [2.75, 3.05) is 31.7 Å². The Morgan fingerprint density at radius 3 is 3.00 bits per heavy atom. The zero-order chi connectivity index (χ0) is 13.7. The van der Waals surface area contributed by atoms with Gasteiger partial charge in [-0.2, -0.15) is 4.98 Å². The Morgan fingerprint density at radius 1 is 1.47 bits per heavy atom. The van der Waals surface area contributed by atoms with Crippen LogP contribution in [0.3, 0.4) is 0 Å². The maximum absolute atomic E-state index is 5.89. The second kappa shape index (κ2) is 6.73. The summed E-state index contributed by atoms with van der Waals surface area (Å²) in [7, 11) is 1.77. The van der Waals surface area contributed by atoms with E-state index in [-0.39, 0.29) is 6.04 Å². The molecular weight excluding hydrogens is 242 g/mol. The first-order valence-corrected chi connectivity index (χ1v) is 6.87. The van der Waals surface area contributed by atoms with E-state index in [0.717, 1.165) is 25.2 Å². The summed E-state index contributed by atoms with van der Waals surface area (Å²) < 4.78 is 10.9. The first kappa shape index (κ1) is 14.1. The third-order valence-electron chi connectivity index (χ3n) is 3.57. The number of anilines is 1. The lowest BCUT2D eigenvalue weighted by atomic mass is 9.99. The average molecular weight is 265 g/mol. The first-order valence-electron chi connectivity index (χ1n) is 6.87. The molecule has 1 aliphatic rings. The summed E-state index contributed by atoms with van der Waals surface area (Å²) in [5, 5.41) is 0. The van der Waals surface area contributed by atoms with E-state index in [1.54, 1.807) is 7.11 Å². The Morgan fingerprint density at radius 2 is 2.32 bits per heavy atom. The molecule has 106 valence electrons. The fourth-order valence-electron chi connectivity index (χ4n) is 2.55. The van der Waals surface area contributed by atoms with Gasteiger partial charge in [0.1, 0.15) is 5.82 Å². The molecule has 2 unspecified atom stereocenters. The van der Waals surface area contributed by atoms with Gasteiger partial charge >= 0.3 is 0 Å². The van der Waals surface area contributed by atoms with Crippen LogP contribution in [-0.2, 0) is 4.74 Å². The molecule has 5 nitrogen and oxygen atoms in total. The number of pyridine rings is 1. The van der Waals surface area contributed by atoms with Gasteiger partial charge in [-0.25, -0.2) is 0 Å². The fourth-order valence-corrected chi connectivity index (χ4v) is 2.55. The van der Waals surface area contributed by atoms with Gasteiger partial charge in [0.15, 0.2) is 0 Å². The number of hydrogen-bond donors (Lipinski definition) is 1. The van der Waals surface area contributed by atoms with Crippen LogP contribution in [0.2, 0.25) is 0 Å². The summed E-state index contributed by atoms with van der Waals surface area (Å²) in [6.07, 6.45) is 2.26. The van der Waals surface area contributed by atoms with E-state index in [1.165, 1.54) is 0 Å². The highest BCUT2D eigenvalue weighted by Gasteiger charge is 2.28. The predicted molar refractivity (Wildman–Crippen MR) is 75.6 cm³/mol. The molecule has 1 fully saturated rings. The fraction of sp³-hybridized carbons (Fsp3) is 0.643. The quantitative estimate of drug-likeness (QED) is 0.872. The maximum Gasteiger partial charge on any atom is 0.215 e. The summed E-state index contributed by atoms with van der Waals surface area (Å²) >= 11 is 0. The van der Waals surface area contributed by atoms with Crippen molar-refractivity contribution < 1.29 is 9.47 Å². The van der Waals surface area contributed by atoms with Gasteiger partial charge in [-0.1, -0.05) is 6.07 Å². The van der Waals surface area contributed by atoms with Gasteiger partial charge in [-0.15, -0.1) is 0 Å². The van der Waals surface area contributed by atoms with Crippen LogP contribution in [0.15, 0.2) is 18.2 Å². The van der Waals surface area contributed by atoms with E-state index >= 15 is 0 Å². The predicted octanol–water partition coefficient (Wildman–Crippen LogP) is 1.42. The highest BCUT2D eigenvalue weighted by Crippen LogP contribution is 2.25. The van der Waals surface area contributed by atoms with Gasteiger partial charge < -0.3 is 20.1 Å². The van der Waals surface area contributed by atoms with Crippen molar-refractivity contribution in [2.45, 2.75) is 31.9 Å². The number of nitrogens with zero attached hydrogens (tertiary/aromatic N) is 2. The highest BCUT2D eigenvalue weighted by atomic mass is 16.5. The van der Waals surface area contributed by atoms with Gasteiger partial charge in [0.25, 0.3) is 0 Å². The maximum atomic E-state index is 5.89. The summed E-state index contributed by atoms with van der Waals surface area (Å²) in [5.74, 6) is 1.61. The van der Waals surface area contributed by atoms with Crippen LogP contribution >= 0.6 is 0 Å². The minimum absolute atomic E-state index is 0.281. The largest absolute Gasteiger partial charge is 0.478 e. The van der Waals surface area contributed by atoms with Crippen LogP contribution in [0.4, 0.5) is 5.82 Å². The summed E-state index contributed by atoms with van der Waals surface area (Å²) in [6.45, 7) is 4.12. The second-order valence-electron chi connectivity index (χ2n) is 4.73. The molecule has 2 atom stereocenters. The lowest BCUT2D eigenvalue weighted by molar-refractivity contribution is 0.0707. The van der Waals surface area contributed by atoms with E-state index in [1.807, 2.05) is 25.1 Å². The zero-order valence-electron chi connectivity index (χ0n) is 11.7. The number of piperidine rings is 1. The van der Waals surface area contributed by atoms with E-state index in [9.17, 15) is 0 Å². The van der Waals surface area contributed by atoms with E-state index < -0.39 is 0 Å². The third-order valence-corrected chi connectivity index (χ3v) is 3.57. The zero-order valence-corrected chi connectivity index (χ0v) is 11.7. The molecule has 2 heterocycles. The van der Waals surface area contributed by atoms with Crippen LogP contribution in [0, 0.1) is 0 Å². The normalized spacial score (nSPS) is 23.4. The minimum atomic E-state index is 0.281. The number of rotatable bonds is 5. The molecule has 2 N–H and O–H groups in total.